The molecule has 0 aromatic carbocycles. The van der Waals surface area contributed by atoms with Crippen molar-refractivity contribution in [3.8, 4) is 0 Å². The van der Waals surface area contributed by atoms with Gasteiger partial charge in [0.15, 0.2) is 0 Å². The normalized spacial score (nSPS) is 17.8. The summed E-state index contributed by atoms with van der Waals surface area (Å²) in [5, 5.41) is 3.33. The molecule has 27 heavy (non-hydrogen) atoms. The maximum atomic E-state index is 4.50. The van der Waals surface area contributed by atoms with E-state index in [0.29, 0.717) is 5.92 Å². The van der Waals surface area contributed by atoms with Gasteiger partial charge >= 0.3 is 0 Å². The van der Waals surface area contributed by atoms with Crippen LogP contribution in [0.4, 0.5) is 11.6 Å². The number of piperidine rings is 1. The van der Waals surface area contributed by atoms with E-state index in [1.54, 1.807) is 0 Å². The Hall–Kier alpha value is -2.73. The van der Waals surface area contributed by atoms with Gasteiger partial charge in [-0.2, -0.15) is 0 Å². The van der Waals surface area contributed by atoms with Crippen LogP contribution in [0.3, 0.4) is 0 Å². The average molecular weight is 362 g/mol. The maximum Gasteiger partial charge on any atom is 0.131 e. The smallest absolute Gasteiger partial charge is 0.131 e. The number of pyridine rings is 2. The summed E-state index contributed by atoms with van der Waals surface area (Å²) >= 11 is 0. The topological polar surface area (TPSA) is 58.9 Å². The molecule has 3 aromatic rings. The van der Waals surface area contributed by atoms with Crippen LogP contribution in [0.2, 0.25) is 0 Å². The van der Waals surface area contributed by atoms with Gasteiger partial charge in [0.2, 0.25) is 0 Å². The van der Waals surface area contributed by atoms with Gasteiger partial charge in [0.1, 0.15) is 17.5 Å². The molecule has 1 N–H and O–H groups in total. The van der Waals surface area contributed by atoms with Gasteiger partial charge in [0, 0.05) is 37.9 Å². The van der Waals surface area contributed by atoms with Crippen molar-refractivity contribution in [2.24, 2.45) is 7.05 Å². The van der Waals surface area contributed by atoms with E-state index in [9.17, 15) is 0 Å². The van der Waals surface area contributed by atoms with E-state index >= 15 is 0 Å². The standard InChI is InChI=1S/C21H26N6/c1-16-5-3-7-19(24-16)25-20-13-17(8-9-22-20)18-6-4-11-27(14-18)15-21-23-10-12-26(21)2/h3,5,7-10,12-13,18H,4,6,11,14-15H2,1-2H3,(H,22,24,25). The Bertz CT molecular complexity index is 903. The zero-order chi connectivity index (χ0) is 18.6. The summed E-state index contributed by atoms with van der Waals surface area (Å²) in [5.41, 5.74) is 2.33. The van der Waals surface area contributed by atoms with E-state index in [1.807, 2.05) is 43.7 Å². The molecule has 6 heteroatoms. The summed E-state index contributed by atoms with van der Waals surface area (Å²) in [5.74, 6) is 3.33. The SMILES string of the molecule is Cc1cccc(Nc2cc(C3CCCN(Cc4nccn4C)C3)ccn2)n1. The van der Waals surface area contributed by atoms with E-state index in [4.69, 9.17) is 0 Å². The molecule has 4 heterocycles. The van der Waals surface area contributed by atoms with Gasteiger partial charge in [0.25, 0.3) is 0 Å². The third kappa shape index (κ3) is 4.34. The number of hydrogen-bond donors (Lipinski definition) is 1. The molecule has 0 spiro atoms. The number of nitrogens with zero attached hydrogens (tertiary/aromatic N) is 5. The number of aromatic nitrogens is 4. The second-order valence-electron chi connectivity index (χ2n) is 7.29. The largest absolute Gasteiger partial charge is 0.337 e. The third-order valence-corrected chi connectivity index (χ3v) is 5.19. The van der Waals surface area contributed by atoms with Crippen LogP contribution < -0.4 is 5.32 Å². The highest BCUT2D eigenvalue weighted by atomic mass is 15.2. The first-order valence-corrected chi connectivity index (χ1v) is 9.52. The second-order valence-corrected chi connectivity index (χ2v) is 7.29. The number of nitrogens with one attached hydrogen (secondary N) is 1. The van der Waals surface area contributed by atoms with E-state index in [1.165, 1.54) is 18.4 Å². The lowest BCUT2D eigenvalue weighted by molar-refractivity contribution is 0.194. The fraction of sp³-hybridized carbons (Fsp3) is 0.381. The van der Waals surface area contributed by atoms with Gasteiger partial charge in [0.05, 0.1) is 6.54 Å². The summed E-state index contributed by atoms with van der Waals surface area (Å²) in [6.45, 7) is 5.09. The van der Waals surface area contributed by atoms with Crippen LogP contribution >= 0.6 is 0 Å². The minimum Gasteiger partial charge on any atom is -0.337 e. The van der Waals surface area contributed by atoms with Crippen LogP contribution in [0.15, 0.2) is 48.9 Å². The predicted octanol–water partition coefficient (Wildman–Crippen LogP) is 3.64. The van der Waals surface area contributed by atoms with Crippen LogP contribution in [-0.2, 0) is 13.6 Å². The molecular weight excluding hydrogens is 336 g/mol. The molecular formula is C21H26N6. The molecule has 1 aliphatic heterocycles. The van der Waals surface area contributed by atoms with E-state index in [0.717, 1.165) is 42.8 Å². The van der Waals surface area contributed by atoms with Crippen LogP contribution in [-0.4, -0.2) is 37.5 Å². The summed E-state index contributed by atoms with van der Waals surface area (Å²) in [6, 6.07) is 10.3. The third-order valence-electron chi connectivity index (χ3n) is 5.19. The number of aryl methyl sites for hydroxylation is 2. The summed E-state index contributed by atoms with van der Waals surface area (Å²) in [6.07, 6.45) is 8.20. The average Bonchev–Trinajstić information content (AvgIpc) is 3.07. The highest BCUT2D eigenvalue weighted by Crippen LogP contribution is 2.29. The molecule has 1 fully saturated rings. The fourth-order valence-corrected chi connectivity index (χ4v) is 3.73. The van der Waals surface area contributed by atoms with Crippen molar-refractivity contribution in [3.63, 3.8) is 0 Å². The monoisotopic (exact) mass is 362 g/mol. The van der Waals surface area contributed by atoms with Gasteiger partial charge in [-0.25, -0.2) is 15.0 Å². The molecule has 0 aliphatic carbocycles. The number of likely N-dealkylation sites (tertiary alicyclic amines) is 1. The molecule has 3 aromatic heterocycles. The lowest BCUT2D eigenvalue weighted by Gasteiger charge is -2.32. The Kier molecular flexibility index (Phi) is 5.16. The summed E-state index contributed by atoms with van der Waals surface area (Å²) in [4.78, 5) is 16.0. The van der Waals surface area contributed by atoms with Crippen LogP contribution in [0.25, 0.3) is 0 Å². The first kappa shape index (κ1) is 17.7. The molecule has 140 valence electrons. The second kappa shape index (κ2) is 7.88. The molecule has 0 amide bonds. The minimum atomic E-state index is 0.521. The first-order valence-electron chi connectivity index (χ1n) is 9.52. The quantitative estimate of drug-likeness (QED) is 0.751. The highest BCUT2D eigenvalue weighted by Gasteiger charge is 2.22. The molecule has 1 aliphatic rings. The lowest BCUT2D eigenvalue weighted by Crippen LogP contribution is -2.34. The Labute approximate surface area is 160 Å². The van der Waals surface area contributed by atoms with Crippen molar-refractivity contribution in [1.29, 1.82) is 0 Å². The zero-order valence-electron chi connectivity index (χ0n) is 16.0. The first-order chi connectivity index (χ1) is 13.2. The molecule has 6 nitrogen and oxygen atoms in total. The maximum absolute atomic E-state index is 4.50. The minimum absolute atomic E-state index is 0.521. The molecule has 0 radical (unpaired) electrons. The van der Waals surface area contributed by atoms with Crippen molar-refractivity contribution in [2.75, 3.05) is 18.4 Å². The van der Waals surface area contributed by atoms with Crippen LogP contribution in [0, 0.1) is 6.92 Å². The molecule has 4 rings (SSSR count). The number of rotatable bonds is 5. The van der Waals surface area contributed by atoms with Crippen molar-refractivity contribution in [2.45, 2.75) is 32.2 Å². The summed E-state index contributed by atoms with van der Waals surface area (Å²) in [7, 11) is 2.06. The number of imidazole rings is 1. The Morgan fingerprint density at radius 1 is 1.15 bits per heavy atom. The van der Waals surface area contributed by atoms with Crippen LogP contribution in [0.5, 0.6) is 0 Å². The molecule has 0 saturated carbocycles. The van der Waals surface area contributed by atoms with Crippen molar-refractivity contribution < 1.29 is 0 Å². The zero-order valence-corrected chi connectivity index (χ0v) is 16.0. The van der Waals surface area contributed by atoms with Gasteiger partial charge < -0.3 is 9.88 Å². The van der Waals surface area contributed by atoms with Gasteiger partial charge in [-0.1, -0.05) is 6.07 Å². The number of hydrogen-bond acceptors (Lipinski definition) is 5. The van der Waals surface area contributed by atoms with E-state index in [-0.39, 0.29) is 0 Å². The molecule has 1 unspecified atom stereocenters. The van der Waals surface area contributed by atoms with Crippen molar-refractivity contribution in [3.05, 3.63) is 66.0 Å². The van der Waals surface area contributed by atoms with E-state index in [2.05, 4.69) is 48.9 Å². The van der Waals surface area contributed by atoms with Gasteiger partial charge in [-0.05, 0) is 62.1 Å². The van der Waals surface area contributed by atoms with Gasteiger partial charge in [-0.15, -0.1) is 0 Å². The summed E-state index contributed by atoms with van der Waals surface area (Å²) < 4.78 is 2.10. The Balaban J connectivity index is 1.45. The lowest BCUT2D eigenvalue weighted by atomic mass is 9.91. The number of anilines is 2. The van der Waals surface area contributed by atoms with E-state index < -0.39 is 0 Å². The molecule has 0 bridgehead atoms. The van der Waals surface area contributed by atoms with Crippen molar-refractivity contribution in [1.82, 2.24) is 24.4 Å². The Morgan fingerprint density at radius 3 is 2.89 bits per heavy atom. The van der Waals surface area contributed by atoms with Gasteiger partial charge in [-0.3, -0.25) is 4.90 Å². The molecule has 1 saturated heterocycles. The Morgan fingerprint density at radius 2 is 2.07 bits per heavy atom. The highest BCUT2D eigenvalue weighted by molar-refractivity contribution is 5.52. The van der Waals surface area contributed by atoms with Crippen molar-refractivity contribution >= 4 is 11.6 Å². The molecule has 1 atom stereocenters. The van der Waals surface area contributed by atoms with Crippen LogP contribution in [0.1, 0.15) is 35.8 Å². The predicted molar refractivity (Wildman–Crippen MR) is 107 cm³/mol. The fourth-order valence-electron chi connectivity index (χ4n) is 3.73.